The van der Waals surface area contributed by atoms with E-state index < -0.39 is 21.1 Å². The minimum absolute atomic E-state index is 0. The number of benzene rings is 1. The maximum Gasteiger partial charge on any atom is 1.00 e. The van der Waals surface area contributed by atoms with Crippen molar-refractivity contribution in [1.29, 1.82) is 0 Å². The third kappa shape index (κ3) is 14.1. The zero-order valence-electron chi connectivity index (χ0n) is 12.8. The van der Waals surface area contributed by atoms with Crippen LogP contribution < -0.4 is 64.2 Å². The molecule has 0 saturated heterocycles. The molecule has 0 fully saturated rings. The molecule has 1 aromatic carbocycles. The van der Waals surface area contributed by atoms with Crippen LogP contribution in [0.5, 0.6) is 0 Å². The molecule has 0 spiro atoms. The summed E-state index contributed by atoms with van der Waals surface area (Å²) in [4.78, 5) is 9.49. The number of carboxylic acid groups (broad SMARTS) is 1. The molecule has 9 heteroatoms. The fraction of sp³-hybridized carbons (Fsp3) is 0.154. The zero-order valence-corrected chi connectivity index (χ0v) is 18.4. The monoisotopic (exact) mass is 360 g/mol. The summed E-state index contributed by atoms with van der Waals surface area (Å²) in [7, 11) is -3.87. The summed E-state index contributed by atoms with van der Waals surface area (Å²) in [5.41, 5.74) is 0.769. The number of carboxylic acids is 1. The average molecular weight is 360 g/mol. The molecule has 0 N–H and O–H groups in total. The predicted octanol–water partition coefficient (Wildman–Crippen LogP) is -4.96. The summed E-state index contributed by atoms with van der Waals surface area (Å²) in [5.74, 6) is -1.19. The van der Waals surface area contributed by atoms with E-state index in [1.54, 1.807) is 24.3 Å². The van der Waals surface area contributed by atoms with Crippen molar-refractivity contribution < 1.29 is 82.0 Å². The second kappa shape index (κ2) is 13.9. The van der Waals surface area contributed by atoms with Gasteiger partial charge in [0.2, 0.25) is 0 Å². The van der Waals surface area contributed by atoms with Crippen LogP contribution in [0.15, 0.2) is 55.1 Å². The maximum atomic E-state index is 10.7. The van der Waals surface area contributed by atoms with Crippen molar-refractivity contribution in [2.75, 3.05) is 0 Å². The van der Waals surface area contributed by atoms with Gasteiger partial charge in [-0.05, 0) is 29.2 Å². The van der Waals surface area contributed by atoms with E-state index in [1.165, 1.54) is 13.0 Å². The van der Waals surface area contributed by atoms with Gasteiger partial charge in [0.1, 0.15) is 6.10 Å². The second-order valence-corrected chi connectivity index (χ2v) is 5.87. The summed E-state index contributed by atoms with van der Waals surface area (Å²) < 4.78 is 26.1. The smallest absolute Gasteiger partial charge is 0.748 e. The van der Waals surface area contributed by atoms with Gasteiger partial charge in [0.25, 0.3) is 0 Å². The van der Waals surface area contributed by atoms with E-state index >= 15 is 0 Å². The van der Waals surface area contributed by atoms with Gasteiger partial charge in [0.15, 0.2) is 0 Å². The van der Waals surface area contributed by atoms with Gasteiger partial charge < -0.3 is 14.5 Å². The Hall–Kier alpha value is 0.460. The third-order valence-electron chi connectivity index (χ3n) is 1.91. The number of rotatable bonds is 5. The Labute approximate surface area is 180 Å². The van der Waals surface area contributed by atoms with Crippen molar-refractivity contribution in [1.82, 2.24) is 0 Å². The Bertz CT molecular complexity index is 561. The Morgan fingerprint density at radius 3 is 2.05 bits per heavy atom. The van der Waals surface area contributed by atoms with Crippen molar-refractivity contribution in [2.24, 2.45) is 0 Å². The number of carbonyl (C=O) groups is 1. The first-order valence-electron chi connectivity index (χ1n) is 5.36. The van der Waals surface area contributed by atoms with Crippen molar-refractivity contribution in [3.8, 4) is 0 Å². The van der Waals surface area contributed by atoms with E-state index in [1.807, 2.05) is 6.07 Å². The van der Waals surface area contributed by atoms with Crippen LogP contribution in [0, 0.1) is 0 Å². The molecule has 2 unspecified atom stereocenters. The molecule has 2 atom stereocenters. The first kappa shape index (κ1) is 27.3. The quantitative estimate of drug-likeness (QED) is 0.297. The van der Waals surface area contributed by atoms with Crippen molar-refractivity contribution >= 4 is 26.2 Å². The SMILES string of the molecule is C=C(C)C(=O)[O-].C=CC(OS(=O)([O-])=S)c1ccccc1.[Na+].[Na+]. The molecule has 0 heterocycles. The molecule has 0 saturated carbocycles. The second-order valence-electron chi connectivity index (χ2n) is 3.64. The molecule has 110 valence electrons. The average Bonchev–Trinajstić information content (AvgIpc) is 2.36. The van der Waals surface area contributed by atoms with E-state index in [0.29, 0.717) is 5.56 Å². The van der Waals surface area contributed by atoms with Crippen molar-refractivity contribution in [3.05, 3.63) is 60.7 Å². The van der Waals surface area contributed by atoms with Gasteiger partial charge in [-0.15, -0.1) is 6.58 Å². The molecule has 0 aliphatic carbocycles. The van der Waals surface area contributed by atoms with E-state index in [9.17, 15) is 18.7 Å². The van der Waals surface area contributed by atoms with Crippen molar-refractivity contribution in [2.45, 2.75) is 13.0 Å². The van der Waals surface area contributed by atoms with Crippen LogP contribution in [0.2, 0.25) is 0 Å². The van der Waals surface area contributed by atoms with Crippen LogP contribution in [-0.4, -0.2) is 14.7 Å². The number of hydrogen-bond donors (Lipinski definition) is 0. The van der Waals surface area contributed by atoms with Crippen LogP contribution in [0.25, 0.3) is 0 Å². The van der Waals surface area contributed by atoms with Gasteiger partial charge in [-0.25, -0.2) is 4.21 Å². The molecule has 0 aromatic heterocycles. The summed E-state index contributed by atoms with van der Waals surface area (Å²) in [5, 5.41) is 9.49. The molecule has 22 heavy (non-hydrogen) atoms. The Morgan fingerprint density at radius 1 is 1.36 bits per heavy atom. The first-order valence-corrected chi connectivity index (χ1v) is 7.69. The fourth-order valence-electron chi connectivity index (χ4n) is 1.00. The minimum atomic E-state index is -3.87. The Kier molecular flexibility index (Phi) is 17.2. The summed E-state index contributed by atoms with van der Waals surface area (Å²) in [6.07, 6.45) is 0.679. The van der Waals surface area contributed by atoms with Gasteiger partial charge in [0.05, 0.1) is 15.0 Å². The van der Waals surface area contributed by atoms with Gasteiger partial charge in [0, 0.05) is 0 Å². The molecular weight excluding hydrogens is 346 g/mol. The van der Waals surface area contributed by atoms with E-state index in [-0.39, 0.29) is 64.7 Å². The van der Waals surface area contributed by atoms with Gasteiger partial charge in [-0.3, -0.25) is 4.18 Å². The van der Waals surface area contributed by atoms with Gasteiger partial charge in [-0.2, -0.15) is 0 Å². The van der Waals surface area contributed by atoms with Crippen LogP contribution in [0.4, 0.5) is 0 Å². The third-order valence-corrected chi connectivity index (χ3v) is 2.59. The maximum absolute atomic E-state index is 10.7. The molecule has 1 rings (SSSR count). The summed E-state index contributed by atoms with van der Waals surface area (Å²) in [6, 6.07) is 8.88. The number of aliphatic carboxylic acids is 1. The molecule has 0 aliphatic heterocycles. The fourth-order valence-corrected chi connectivity index (χ4v) is 1.70. The van der Waals surface area contributed by atoms with E-state index in [0.717, 1.165) is 0 Å². The molecule has 5 nitrogen and oxygen atoms in total. The largest absolute Gasteiger partial charge is 1.00 e. The topological polar surface area (TPSA) is 89.5 Å². The van der Waals surface area contributed by atoms with E-state index in [2.05, 4.69) is 28.5 Å². The van der Waals surface area contributed by atoms with Crippen molar-refractivity contribution in [3.63, 3.8) is 0 Å². The summed E-state index contributed by atoms with van der Waals surface area (Å²) in [6.45, 7) is 7.96. The Balaban J connectivity index is -0.000000392. The molecular formula is C13H14Na2O5S2. The number of carbonyl (C=O) groups excluding carboxylic acids is 1. The minimum Gasteiger partial charge on any atom is -0.748 e. The van der Waals surface area contributed by atoms with E-state index in [4.69, 9.17) is 0 Å². The van der Waals surface area contributed by atoms with Crippen LogP contribution in [0.1, 0.15) is 18.6 Å². The van der Waals surface area contributed by atoms with Crippen LogP contribution in [-0.2, 0) is 29.2 Å². The molecule has 0 bridgehead atoms. The molecule has 1 aromatic rings. The molecule has 0 amide bonds. The van der Waals surface area contributed by atoms with Crippen LogP contribution in [0.3, 0.4) is 0 Å². The molecule has 0 radical (unpaired) electrons. The van der Waals surface area contributed by atoms with Crippen LogP contribution >= 0.6 is 0 Å². The normalized spacial score (nSPS) is 12.8. The zero-order chi connectivity index (χ0) is 15.8. The first-order chi connectivity index (χ1) is 9.17. The standard InChI is InChI=1S/C9H10O3S2.C4H6O2.2Na/c1-2-9(12-14(10,11)13)8-6-4-3-5-7-8;1-3(2)4(5)6;;/h2-7,9H,1H2,(H,10,11,13);1H2,2H3,(H,5,6);;/q;;2*+1/p-2. The van der Waals surface area contributed by atoms with Gasteiger partial charge >= 0.3 is 59.1 Å². The van der Waals surface area contributed by atoms with Gasteiger partial charge in [-0.1, -0.05) is 43.0 Å². The summed E-state index contributed by atoms with van der Waals surface area (Å²) >= 11 is 4.13. The molecule has 0 aliphatic rings. The number of hydrogen-bond acceptors (Lipinski definition) is 6. The Morgan fingerprint density at radius 2 is 1.77 bits per heavy atom. The predicted molar refractivity (Wildman–Crippen MR) is 76.6 cm³/mol.